The van der Waals surface area contributed by atoms with Gasteiger partial charge in [0.2, 0.25) is 0 Å². The van der Waals surface area contributed by atoms with Crippen LogP contribution in [0.5, 0.6) is 0 Å². The van der Waals surface area contributed by atoms with Gasteiger partial charge < -0.3 is 20.1 Å². The molecule has 2 unspecified atom stereocenters. The van der Waals surface area contributed by atoms with Crippen molar-refractivity contribution in [3.63, 3.8) is 0 Å². The quantitative estimate of drug-likeness (QED) is 0.675. The van der Waals surface area contributed by atoms with Gasteiger partial charge in [0.15, 0.2) is 0 Å². The van der Waals surface area contributed by atoms with Crippen LogP contribution in [0.15, 0.2) is 0 Å². The Morgan fingerprint density at radius 3 is 2.59 bits per heavy atom. The summed E-state index contributed by atoms with van der Waals surface area (Å²) >= 11 is 0. The summed E-state index contributed by atoms with van der Waals surface area (Å²) in [4.78, 5) is 11.7. The third kappa shape index (κ3) is 6.97. The van der Waals surface area contributed by atoms with Crippen LogP contribution in [0.4, 0.5) is 4.79 Å². The molecule has 0 saturated carbocycles. The molecule has 130 valence electrons. The molecule has 1 saturated heterocycles. The maximum Gasteiger partial charge on any atom is 0.407 e. The first-order chi connectivity index (χ1) is 10.3. The van der Waals surface area contributed by atoms with Gasteiger partial charge in [0.25, 0.3) is 0 Å². The van der Waals surface area contributed by atoms with Crippen LogP contribution in [0.3, 0.4) is 0 Å². The number of hydrogen-bond acceptors (Lipinski definition) is 4. The van der Waals surface area contributed by atoms with Gasteiger partial charge in [-0.25, -0.2) is 4.79 Å². The lowest BCUT2D eigenvalue weighted by Gasteiger charge is -2.36. The van der Waals surface area contributed by atoms with E-state index in [2.05, 4.69) is 24.5 Å². The van der Waals surface area contributed by atoms with Crippen molar-refractivity contribution in [3.05, 3.63) is 0 Å². The van der Waals surface area contributed by atoms with E-state index in [1.54, 1.807) is 0 Å². The SMILES string of the molecule is CCCCOC(C)(CCNC(=O)OC(C)(C)C)C1CCCN1. The minimum Gasteiger partial charge on any atom is -0.444 e. The molecule has 1 heterocycles. The summed E-state index contributed by atoms with van der Waals surface area (Å²) in [6.07, 6.45) is 4.95. The van der Waals surface area contributed by atoms with Crippen LogP contribution in [0.25, 0.3) is 0 Å². The molecule has 0 aromatic heterocycles. The summed E-state index contributed by atoms with van der Waals surface area (Å²) in [5.41, 5.74) is -0.696. The van der Waals surface area contributed by atoms with Crippen molar-refractivity contribution in [1.29, 1.82) is 0 Å². The topological polar surface area (TPSA) is 59.6 Å². The highest BCUT2D eigenvalue weighted by molar-refractivity contribution is 5.67. The van der Waals surface area contributed by atoms with Crippen molar-refractivity contribution in [2.24, 2.45) is 0 Å². The van der Waals surface area contributed by atoms with E-state index < -0.39 is 5.60 Å². The number of carbonyl (C=O) groups excluding carboxylic acids is 1. The highest BCUT2D eigenvalue weighted by atomic mass is 16.6. The summed E-state index contributed by atoms with van der Waals surface area (Å²) in [6, 6.07) is 0.366. The average Bonchev–Trinajstić information content (AvgIpc) is 2.91. The van der Waals surface area contributed by atoms with Crippen LogP contribution < -0.4 is 10.6 Å². The van der Waals surface area contributed by atoms with E-state index in [0.717, 1.165) is 38.8 Å². The molecule has 5 nitrogen and oxygen atoms in total. The van der Waals surface area contributed by atoms with Crippen LogP contribution in [0, 0.1) is 0 Å². The Morgan fingerprint density at radius 2 is 2.05 bits per heavy atom. The summed E-state index contributed by atoms with van der Waals surface area (Å²) < 4.78 is 11.5. The lowest BCUT2D eigenvalue weighted by Crippen LogP contribution is -2.49. The lowest BCUT2D eigenvalue weighted by molar-refractivity contribution is -0.0606. The first kappa shape index (κ1) is 19.2. The van der Waals surface area contributed by atoms with Gasteiger partial charge in [-0.1, -0.05) is 13.3 Å². The van der Waals surface area contributed by atoms with Gasteiger partial charge in [0, 0.05) is 19.2 Å². The number of nitrogens with one attached hydrogen (secondary N) is 2. The van der Waals surface area contributed by atoms with Gasteiger partial charge >= 0.3 is 6.09 Å². The fraction of sp³-hybridized carbons (Fsp3) is 0.941. The molecular formula is C17H34N2O3. The zero-order valence-corrected chi connectivity index (χ0v) is 15.0. The van der Waals surface area contributed by atoms with Crippen LogP contribution >= 0.6 is 0 Å². The second-order valence-corrected chi connectivity index (χ2v) is 7.34. The maximum atomic E-state index is 11.7. The van der Waals surface area contributed by atoms with Crippen molar-refractivity contribution < 1.29 is 14.3 Å². The summed E-state index contributed by atoms with van der Waals surface area (Å²) in [5, 5.41) is 6.37. The van der Waals surface area contributed by atoms with Gasteiger partial charge in [-0.3, -0.25) is 0 Å². The largest absolute Gasteiger partial charge is 0.444 e. The Bertz CT molecular complexity index is 335. The van der Waals surface area contributed by atoms with Gasteiger partial charge in [-0.2, -0.15) is 0 Å². The molecule has 1 fully saturated rings. The minimum absolute atomic E-state index is 0.235. The second kappa shape index (κ2) is 8.73. The smallest absolute Gasteiger partial charge is 0.407 e. The predicted molar refractivity (Wildman–Crippen MR) is 89.1 cm³/mol. The van der Waals surface area contributed by atoms with Crippen molar-refractivity contribution in [2.75, 3.05) is 19.7 Å². The predicted octanol–water partition coefficient (Wildman–Crippen LogP) is 3.23. The van der Waals surface area contributed by atoms with Crippen LogP contribution in [0.1, 0.15) is 66.7 Å². The molecule has 1 rings (SSSR count). The molecule has 5 heteroatoms. The minimum atomic E-state index is -0.460. The van der Waals surface area contributed by atoms with E-state index in [9.17, 15) is 4.79 Å². The Hall–Kier alpha value is -0.810. The molecule has 1 aliphatic rings. The van der Waals surface area contributed by atoms with E-state index in [1.807, 2.05) is 20.8 Å². The van der Waals surface area contributed by atoms with Crippen LogP contribution in [0.2, 0.25) is 0 Å². The molecule has 1 aliphatic heterocycles. The number of rotatable bonds is 8. The zero-order valence-electron chi connectivity index (χ0n) is 15.0. The Labute approximate surface area is 135 Å². The van der Waals surface area contributed by atoms with Gasteiger partial charge in [-0.15, -0.1) is 0 Å². The van der Waals surface area contributed by atoms with Crippen LogP contribution in [-0.4, -0.2) is 43.0 Å². The first-order valence-electron chi connectivity index (χ1n) is 8.61. The Balaban J connectivity index is 2.45. The van der Waals surface area contributed by atoms with Gasteiger partial charge in [0.05, 0.1) is 5.60 Å². The molecule has 0 aromatic rings. The molecule has 0 bridgehead atoms. The molecular weight excluding hydrogens is 280 g/mol. The average molecular weight is 314 g/mol. The van der Waals surface area contributed by atoms with Gasteiger partial charge in [-0.05, 0) is 59.9 Å². The van der Waals surface area contributed by atoms with Crippen molar-refractivity contribution >= 4 is 6.09 Å². The second-order valence-electron chi connectivity index (χ2n) is 7.34. The van der Waals surface area contributed by atoms with Crippen LogP contribution in [-0.2, 0) is 9.47 Å². The van der Waals surface area contributed by atoms with E-state index in [0.29, 0.717) is 12.6 Å². The number of unbranched alkanes of at least 4 members (excludes halogenated alkanes) is 1. The van der Waals surface area contributed by atoms with Crippen molar-refractivity contribution in [1.82, 2.24) is 10.6 Å². The maximum absolute atomic E-state index is 11.7. The summed E-state index contributed by atoms with van der Waals surface area (Å²) in [6.45, 7) is 12.3. The summed E-state index contributed by atoms with van der Waals surface area (Å²) in [7, 11) is 0. The Kier molecular flexibility index (Phi) is 7.63. The molecule has 2 N–H and O–H groups in total. The molecule has 0 radical (unpaired) electrons. The normalized spacial score (nSPS) is 21.4. The molecule has 0 aromatic carbocycles. The number of carbonyl (C=O) groups is 1. The number of alkyl carbamates (subject to hydrolysis) is 1. The third-order valence-electron chi connectivity index (χ3n) is 4.02. The van der Waals surface area contributed by atoms with Gasteiger partial charge in [0.1, 0.15) is 5.60 Å². The molecule has 0 spiro atoms. The monoisotopic (exact) mass is 314 g/mol. The highest BCUT2D eigenvalue weighted by Crippen LogP contribution is 2.26. The summed E-state index contributed by atoms with van der Waals surface area (Å²) in [5.74, 6) is 0. The fourth-order valence-electron chi connectivity index (χ4n) is 2.73. The highest BCUT2D eigenvalue weighted by Gasteiger charge is 2.36. The zero-order chi connectivity index (χ0) is 16.6. The fourth-order valence-corrected chi connectivity index (χ4v) is 2.73. The van der Waals surface area contributed by atoms with E-state index in [4.69, 9.17) is 9.47 Å². The standard InChI is InChI=1S/C17H34N2O3/c1-6-7-13-21-17(5,14-9-8-11-18-14)10-12-19-15(20)22-16(2,3)4/h14,18H,6-13H2,1-5H3,(H,19,20). The number of ether oxygens (including phenoxy) is 2. The number of amides is 1. The third-order valence-corrected chi connectivity index (χ3v) is 4.02. The van der Waals surface area contributed by atoms with Crippen molar-refractivity contribution in [3.8, 4) is 0 Å². The first-order valence-corrected chi connectivity index (χ1v) is 8.61. The Morgan fingerprint density at radius 1 is 1.32 bits per heavy atom. The lowest BCUT2D eigenvalue weighted by atomic mass is 9.91. The van der Waals surface area contributed by atoms with E-state index >= 15 is 0 Å². The molecule has 2 atom stereocenters. The van der Waals surface area contributed by atoms with Crippen molar-refractivity contribution in [2.45, 2.75) is 84.0 Å². The molecule has 1 amide bonds. The van der Waals surface area contributed by atoms with E-state index in [-0.39, 0.29) is 11.7 Å². The molecule has 22 heavy (non-hydrogen) atoms. The van der Waals surface area contributed by atoms with E-state index in [1.165, 1.54) is 6.42 Å². The number of hydrogen-bond donors (Lipinski definition) is 2. The molecule has 0 aliphatic carbocycles.